The largest absolute Gasteiger partial charge is 0.363 e. The molecule has 2 rings (SSSR count). The van der Waals surface area contributed by atoms with Crippen LogP contribution in [0.1, 0.15) is 30.3 Å². The summed E-state index contributed by atoms with van der Waals surface area (Å²) >= 11 is 0. The average molecular weight is 234 g/mol. The Hall–Kier alpha value is -1.78. The quantitative estimate of drug-likeness (QED) is 0.863. The second-order valence-electron chi connectivity index (χ2n) is 4.11. The summed E-state index contributed by atoms with van der Waals surface area (Å²) in [5.74, 6) is 0.757. The molecule has 92 valence electrons. The van der Waals surface area contributed by atoms with Crippen LogP contribution in [0.25, 0.3) is 0 Å². The molecule has 0 amide bonds. The fourth-order valence-electron chi connectivity index (χ4n) is 1.90. The van der Waals surface area contributed by atoms with Crippen LogP contribution in [0.15, 0.2) is 16.9 Å². The van der Waals surface area contributed by atoms with Crippen LogP contribution in [-0.2, 0) is 13.1 Å². The Balaban J connectivity index is 2.10. The van der Waals surface area contributed by atoms with Gasteiger partial charge in [0.25, 0.3) is 0 Å². The number of hydrogen-bond donors (Lipinski definition) is 1. The van der Waals surface area contributed by atoms with Crippen molar-refractivity contribution >= 4 is 5.82 Å². The maximum Gasteiger partial charge on any atom is 0.169 e. The lowest BCUT2D eigenvalue weighted by Crippen LogP contribution is -2.04. The molecule has 0 radical (unpaired) electrons. The zero-order valence-corrected chi connectivity index (χ0v) is 10.5. The van der Waals surface area contributed by atoms with Gasteiger partial charge in [-0.3, -0.25) is 4.68 Å². The summed E-state index contributed by atoms with van der Waals surface area (Å²) in [6.07, 6.45) is 2.65. The van der Waals surface area contributed by atoms with Gasteiger partial charge in [0.15, 0.2) is 5.82 Å². The molecule has 5 heteroatoms. The Labute approximate surface area is 101 Å². The normalized spacial score (nSPS) is 10.8. The van der Waals surface area contributed by atoms with Crippen molar-refractivity contribution in [3.8, 4) is 0 Å². The number of aromatic nitrogens is 3. The Morgan fingerprint density at radius 1 is 1.41 bits per heavy atom. The van der Waals surface area contributed by atoms with Gasteiger partial charge in [0.1, 0.15) is 6.26 Å². The molecule has 0 atom stereocenters. The van der Waals surface area contributed by atoms with Crippen molar-refractivity contribution in [2.75, 3.05) is 5.32 Å². The highest BCUT2D eigenvalue weighted by atomic mass is 16.5. The highest BCUT2D eigenvalue weighted by molar-refractivity contribution is 5.35. The molecule has 0 bridgehead atoms. The Bertz CT molecular complexity index is 473. The van der Waals surface area contributed by atoms with Crippen molar-refractivity contribution in [1.29, 1.82) is 0 Å². The van der Waals surface area contributed by atoms with Crippen molar-refractivity contribution in [3.05, 3.63) is 29.3 Å². The number of nitrogens with zero attached hydrogens (tertiary/aromatic N) is 3. The maximum absolute atomic E-state index is 4.77. The summed E-state index contributed by atoms with van der Waals surface area (Å²) in [5.41, 5.74) is 3.54. The molecule has 0 aliphatic carbocycles. The third-order valence-corrected chi connectivity index (χ3v) is 2.85. The molecule has 0 aliphatic heterocycles. The Morgan fingerprint density at radius 2 is 2.24 bits per heavy atom. The van der Waals surface area contributed by atoms with E-state index in [9.17, 15) is 0 Å². The van der Waals surface area contributed by atoms with Gasteiger partial charge in [0.2, 0.25) is 0 Å². The number of anilines is 1. The van der Waals surface area contributed by atoms with Gasteiger partial charge in [-0.15, -0.1) is 0 Å². The van der Waals surface area contributed by atoms with E-state index in [-0.39, 0.29) is 0 Å². The van der Waals surface area contributed by atoms with Gasteiger partial charge < -0.3 is 9.84 Å². The number of aryl methyl sites for hydroxylation is 2. The predicted molar refractivity (Wildman–Crippen MR) is 65.8 cm³/mol. The van der Waals surface area contributed by atoms with E-state index in [1.807, 2.05) is 6.92 Å². The van der Waals surface area contributed by atoms with Crippen LogP contribution in [-0.4, -0.2) is 14.9 Å². The first-order chi connectivity index (χ1) is 8.22. The molecule has 0 saturated carbocycles. The second kappa shape index (κ2) is 5.03. The highest BCUT2D eigenvalue weighted by Crippen LogP contribution is 2.15. The third kappa shape index (κ3) is 2.49. The van der Waals surface area contributed by atoms with E-state index >= 15 is 0 Å². The minimum Gasteiger partial charge on any atom is -0.363 e. The van der Waals surface area contributed by atoms with Crippen molar-refractivity contribution in [1.82, 2.24) is 14.9 Å². The molecule has 17 heavy (non-hydrogen) atoms. The number of hydrogen-bond acceptors (Lipinski definition) is 4. The molecule has 5 nitrogen and oxygen atoms in total. The molecular formula is C12H18N4O. The Kier molecular flexibility index (Phi) is 3.46. The summed E-state index contributed by atoms with van der Waals surface area (Å²) in [7, 11) is 0. The lowest BCUT2D eigenvalue weighted by Gasteiger charge is -2.04. The van der Waals surface area contributed by atoms with E-state index < -0.39 is 0 Å². The topological polar surface area (TPSA) is 55.9 Å². The summed E-state index contributed by atoms with van der Waals surface area (Å²) in [5, 5.41) is 11.6. The van der Waals surface area contributed by atoms with Gasteiger partial charge in [-0.1, -0.05) is 12.1 Å². The molecule has 0 spiro atoms. The van der Waals surface area contributed by atoms with Gasteiger partial charge in [-0.2, -0.15) is 5.10 Å². The minimum atomic E-state index is 0.730. The zero-order valence-electron chi connectivity index (χ0n) is 10.5. The Morgan fingerprint density at radius 3 is 2.88 bits per heavy atom. The summed E-state index contributed by atoms with van der Waals surface area (Å²) in [4.78, 5) is 0. The van der Waals surface area contributed by atoms with Crippen molar-refractivity contribution in [2.24, 2.45) is 0 Å². The van der Waals surface area contributed by atoms with Crippen LogP contribution in [0.4, 0.5) is 5.82 Å². The van der Waals surface area contributed by atoms with Crippen molar-refractivity contribution in [3.63, 3.8) is 0 Å². The minimum absolute atomic E-state index is 0.730. The lowest BCUT2D eigenvalue weighted by atomic mass is 10.2. The monoisotopic (exact) mass is 234 g/mol. The molecule has 2 aromatic heterocycles. The standard InChI is InChI=1S/C12H18N4O/c1-4-6-16-10(3)11(9(2)14-16)8-13-12-5-7-17-15-12/h5,7H,4,6,8H2,1-3H3,(H,13,15). The summed E-state index contributed by atoms with van der Waals surface area (Å²) in [6, 6.07) is 1.81. The third-order valence-electron chi connectivity index (χ3n) is 2.85. The van der Waals surface area contributed by atoms with Crippen LogP contribution < -0.4 is 5.32 Å². The first-order valence-electron chi connectivity index (χ1n) is 5.89. The van der Waals surface area contributed by atoms with Gasteiger partial charge in [0.05, 0.1) is 5.69 Å². The van der Waals surface area contributed by atoms with Crippen LogP contribution in [0, 0.1) is 13.8 Å². The van der Waals surface area contributed by atoms with Crippen LogP contribution in [0.5, 0.6) is 0 Å². The van der Waals surface area contributed by atoms with E-state index in [1.165, 1.54) is 11.3 Å². The molecule has 0 saturated heterocycles. The summed E-state index contributed by atoms with van der Waals surface area (Å²) in [6.45, 7) is 8.00. The lowest BCUT2D eigenvalue weighted by molar-refractivity contribution is 0.422. The first-order valence-corrected chi connectivity index (χ1v) is 5.89. The predicted octanol–water partition coefficient (Wildman–Crippen LogP) is 2.51. The smallest absolute Gasteiger partial charge is 0.169 e. The molecule has 2 aromatic rings. The second-order valence-corrected chi connectivity index (χ2v) is 4.11. The number of nitrogens with one attached hydrogen (secondary N) is 1. The van der Waals surface area contributed by atoms with Crippen molar-refractivity contribution in [2.45, 2.75) is 40.3 Å². The fourth-order valence-corrected chi connectivity index (χ4v) is 1.90. The van der Waals surface area contributed by atoms with Gasteiger partial charge >= 0.3 is 0 Å². The molecule has 1 N–H and O–H groups in total. The summed E-state index contributed by atoms with van der Waals surface area (Å²) < 4.78 is 6.84. The van der Waals surface area contributed by atoms with E-state index in [2.05, 4.69) is 34.1 Å². The van der Waals surface area contributed by atoms with E-state index in [0.29, 0.717) is 0 Å². The maximum atomic E-state index is 4.77. The zero-order chi connectivity index (χ0) is 12.3. The highest BCUT2D eigenvalue weighted by Gasteiger charge is 2.10. The van der Waals surface area contributed by atoms with E-state index in [1.54, 1.807) is 12.3 Å². The van der Waals surface area contributed by atoms with Crippen LogP contribution in [0.2, 0.25) is 0 Å². The van der Waals surface area contributed by atoms with Crippen molar-refractivity contribution < 1.29 is 4.52 Å². The fraction of sp³-hybridized carbons (Fsp3) is 0.500. The number of rotatable bonds is 5. The molecule has 0 fully saturated rings. The first kappa shape index (κ1) is 11.7. The molecule has 0 aliphatic rings. The van der Waals surface area contributed by atoms with E-state index in [0.717, 1.165) is 31.0 Å². The molecule has 0 aromatic carbocycles. The average Bonchev–Trinajstić information content (AvgIpc) is 2.88. The van der Waals surface area contributed by atoms with Gasteiger partial charge in [0, 0.05) is 30.4 Å². The SMILES string of the molecule is CCCn1nc(C)c(CNc2ccon2)c1C. The van der Waals surface area contributed by atoms with Crippen LogP contribution in [0.3, 0.4) is 0 Å². The molecular weight excluding hydrogens is 216 g/mol. The van der Waals surface area contributed by atoms with E-state index in [4.69, 9.17) is 4.52 Å². The van der Waals surface area contributed by atoms with Gasteiger partial charge in [-0.25, -0.2) is 0 Å². The van der Waals surface area contributed by atoms with Gasteiger partial charge in [-0.05, 0) is 20.3 Å². The van der Waals surface area contributed by atoms with Crippen LogP contribution >= 0.6 is 0 Å². The molecule has 2 heterocycles. The molecule has 0 unspecified atom stereocenters.